The minimum Gasteiger partial charge on any atom is -0.297 e. The highest BCUT2D eigenvalue weighted by molar-refractivity contribution is 7.14. The lowest BCUT2D eigenvalue weighted by Gasteiger charge is -2.02. The quantitative estimate of drug-likeness (QED) is 0.321. The van der Waals surface area contributed by atoms with E-state index >= 15 is 0 Å². The van der Waals surface area contributed by atoms with Crippen LogP contribution in [0.15, 0.2) is 77.7 Å². The number of benzene rings is 3. The summed E-state index contributed by atoms with van der Waals surface area (Å²) < 4.78 is 0. The Morgan fingerprint density at radius 3 is 2.60 bits per heavy atom. The van der Waals surface area contributed by atoms with Crippen LogP contribution in [0.1, 0.15) is 18.1 Å². The van der Waals surface area contributed by atoms with Gasteiger partial charge >= 0.3 is 0 Å². The number of aromatic nitrogens is 1. The Kier molecular flexibility index (Phi) is 5.69. The molecule has 0 aliphatic heterocycles. The highest BCUT2D eigenvalue weighted by Gasteiger charge is 2.13. The molecule has 0 saturated heterocycles. The third kappa shape index (κ3) is 4.29. The smallest absolute Gasteiger partial charge is 0.268 e. The molecule has 0 atom stereocenters. The van der Waals surface area contributed by atoms with Gasteiger partial charge in [0.1, 0.15) is 11.6 Å². The number of carbonyl (C=O) groups is 1. The SMILES string of the molecule is CCc1ccc(-c2csc(NC(=O)/C(C#N)=C/c3ccc4ccccc4c3)n2)cc1. The van der Waals surface area contributed by atoms with Gasteiger partial charge in [-0.15, -0.1) is 11.3 Å². The van der Waals surface area contributed by atoms with Crippen LogP contribution in [-0.4, -0.2) is 10.9 Å². The van der Waals surface area contributed by atoms with Crippen molar-refractivity contribution < 1.29 is 4.79 Å². The summed E-state index contributed by atoms with van der Waals surface area (Å²) >= 11 is 1.34. The van der Waals surface area contributed by atoms with Gasteiger partial charge in [-0.2, -0.15) is 5.26 Å². The van der Waals surface area contributed by atoms with Gasteiger partial charge in [-0.05, 0) is 40.5 Å². The molecule has 1 N–H and O–H groups in total. The summed E-state index contributed by atoms with van der Waals surface area (Å²) in [4.78, 5) is 17.1. The molecule has 1 heterocycles. The predicted molar refractivity (Wildman–Crippen MR) is 123 cm³/mol. The first-order valence-corrected chi connectivity index (χ1v) is 10.5. The van der Waals surface area contributed by atoms with E-state index in [9.17, 15) is 10.1 Å². The second-order valence-electron chi connectivity index (χ2n) is 6.82. The molecule has 4 rings (SSSR count). The minimum absolute atomic E-state index is 0.0364. The molecule has 0 spiro atoms. The highest BCUT2D eigenvalue weighted by Crippen LogP contribution is 2.26. The Labute approximate surface area is 179 Å². The molecule has 5 heteroatoms. The Hall–Kier alpha value is -3.75. The molecule has 0 fully saturated rings. The first-order chi connectivity index (χ1) is 14.7. The maximum atomic E-state index is 12.6. The summed E-state index contributed by atoms with van der Waals surface area (Å²) in [6, 6.07) is 24.0. The fourth-order valence-electron chi connectivity index (χ4n) is 3.15. The van der Waals surface area contributed by atoms with Crippen molar-refractivity contribution in [1.82, 2.24) is 4.98 Å². The lowest BCUT2D eigenvalue weighted by atomic mass is 10.1. The lowest BCUT2D eigenvalue weighted by molar-refractivity contribution is -0.112. The van der Waals surface area contributed by atoms with Crippen LogP contribution in [0.3, 0.4) is 0 Å². The summed E-state index contributed by atoms with van der Waals surface area (Å²) in [5.74, 6) is -0.465. The number of carbonyl (C=O) groups excluding carboxylic acids is 1. The van der Waals surface area contributed by atoms with Crippen LogP contribution in [0.2, 0.25) is 0 Å². The first kappa shape index (κ1) is 19.6. The number of nitrogens with one attached hydrogen (secondary N) is 1. The number of hydrogen-bond acceptors (Lipinski definition) is 4. The van der Waals surface area contributed by atoms with E-state index in [1.54, 1.807) is 6.08 Å². The van der Waals surface area contributed by atoms with E-state index in [1.807, 2.05) is 66.0 Å². The summed E-state index contributed by atoms with van der Waals surface area (Å²) in [5, 5.41) is 16.8. The number of aryl methyl sites for hydroxylation is 1. The van der Waals surface area contributed by atoms with E-state index in [4.69, 9.17) is 0 Å². The maximum Gasteiger partial charge on any atom is 0.268 e. The highest BCUT2D eigenvalue weighted by atomic mass is 32.1. The third-order valence-electron chi connectivity index (χ3n) is 4.83. The standard InChI is InChI=1S/C25H19N3OS/c1-2-17-7-11-20(12-8-17)23-16-30-25(27-23)28-24(29)22(15-26)14-18-9-10-19-5-3-4-6-21(19)13-18/h3-14,16H,2H2,1H3,(H,27,28,29)/b22-14+. The van der Waals surface area contributed by atoms with Crippen LogP contribution in [0, 0.1) is 11.3 Å². The van der Waals surface area contributed by atoms with Crippen molar-refractivity contribution in [3.05, 3.63) is 88.8 Å². The first-order valence-electron chi connectivity index (χ1n) is 9.63. The van der Waals surface area contributed by atoms with Crippen molar-refractivity contribution in [2.75, 3.05) is 5.32 Å². The van der Waals surface area contributed by atoms with Gasteiger partial charge in [-0.25, -0.2) is 4.98 Å². The summed E-state index contributed by atoms with van der Waals surface area (Å²) in [6.45, 7) is 2.11. The van der Waals surface area contributed by atoms with Crippen molar-refractivity contribution in [2.45, 2.75) is 13.3 Å². The molecule has 0 aliphatic rings. The van der Waals surface area contributed by atoms with E-state index in [1.165, 1.54) is 16.9 Å². The van der Waals surface area contributed by atoms with Crippen molar-refractivity contribution >= 4 is 39.2 Å². The van der Waals surface area contributed by atoms with E-state index < -0.39 is 5.91 Å². The average Bonchev–Trinajstić information content (AvgIpc) is 3.25. The van der Waals surface area contributed by atoms with E-state index in [-0.39, 0.29) is 5.57 Å². The number of fused-ring (bicyclic) bond motifs is 1. The molecule has 1 aromatic heterocycles. The molecule has 0 bridgehead atoms. The van der Waals surface area contributed by atoms with E-state index in [0.29, 0.717) is 5.13 Å². The van der Waals surface area contributed by atoms with E-state index in [2.05, 4.69) is 29.4 Å². The third-order valence-corrected chi connectivity index (χ3v) is 5.59. The molecule has 3 aromatic carbocycles. The predicted octanol–water partition coefficient (Wildman–Crippen LogP) is 6.07. The number of anilines is 1. The van der Waals surface area contributed by atoms with Gasteiger partial charge < -0.3 is 0 Å². The molecule has 1 amide bonds. The van der Waals surface area contributed by atoms with Crippen LogP contribution < -0.4 is 5.32 Å². The maximum absolute atomic E-state index is 12.6. The van der Waals surface area contributed by atoms with Crippen molar-refractivity contribution in [1.29, 1.82) is 5.26 Å². The molecule has 0 saturated carbocycles. The summed E-state index contributed by atoms with van der Waals surface area (Å²) in [7, 11) is 0. The monoisotopic (exact) mass is 409 g/mol. The van der Waals surface area contributed by atoms with E-state index in [0.717, 1.165) is 34.0 Å². The zero-order valence-corrected chi connectivity index (χ0v) is 17.2. The Morgan fingerprint density at radius 2 is 1.87 bits per heavy atom. The lowest BCUT2D eigenvalue weighted by Crippen LogP contribution is -2.13. The molecule has 146 valence electrons. The van der Waals surface area contributed by atoms with Gasteiger partial charge in [0.15, 0.2) is 5.13 Å². The number of nitriles is 1. The zero-order valence-electron chi connectivity index (χ0n) is 16.4. The normalized spacial score (nSPS) is 11.3. The second kappa shape index (κ2) is 8.73. The second-order valence-corrected chi connectivity index (χ2v) is 7.68. The molecule has 0 radical (unpaired) electrons. The molecule has 4 aromatic rings. The van der Waals surface area contributed by atoms with Crippen molar-refractivity contribution in [3.8, 4) is 17.3 Å². The number of thiazole rings is 1. The number of hydrogen-bond donors (Lipinski definition) is 1. The molecule has 4 nitrogen and oxygen atoms in total. The van der Waals surface area contributed by atoms with Crippen LogP contribution in [0.4, 0.5) is 5.13 Å². The number of nitrogens with zero attached hydrogens (tertiary/aromatic N) is 2. The van der Waals surface area contributed by atoms with Crippen LogP contribution in [0.25, 0.3) is 28.1 Å². The Balaban J connectivity index is 1.52. The van der Waals surface area contributed by atoms with Gasteiger partial charge in [0.25, 0.3) is 5.91 Å². The van der Waals surface area contributed by atoms with Crippen molar-refractivity contribution in [3.63, 3.8) is 0 Å². The van der Waals surface area contributed by atoms with Gasteiger partial charge in [0.05, 0.1) is 5.69 Å². The van der Waals surface area contributed by atoms with Crippen molar-refractivity contribution in [2.24, 2.45) is 0 Å². The van der Waals surface area contributed by atoms with Crippen LogP contribution in [-0.2, 0) is 11.2 Å². The van der Waals surface area contributed by atoms with Gasteiger partial charge in [-0.3, -0.25) is 10.1 Å². The molecule has 0 unspecified atom stereocenters. The molecular weight excluding hydrogens is 390 g/mol. The molecule has 0 aliphatic carbocycles. The topological polar surface area (TPSA) is 65.8 Å². The Morgan fingerprint density at radius 1 is 1.10 bits per heavy atom. The fourth-order valence-corrected chi connectivity index (χ4v) is 3.87. The van der Waals surface area contributed by atoms with Gasteiger partial charge in [0, 0.05) is 10.9 Å². The fraction of sp³-hybridized carbons (Fsp3) is 0.0800. The van der Waals surface area contributed by atoms with Gasteiger partial charge in [0.2, 0.25) is 0 Å². The van der Waals surface area contributed by atoms with Gasteiger partial charge in [-0.1, -0.05) is 67.6 Å². The van der Waals surface area contributed by atoms with Crippen LogP contribution >= 0.6 is 11.3 Å². The largest absolute Gasteiger partial charge is 0.297 e. The summed E-state index contributed by atoms with van der Waals surface area (Å²) in [6.07, 6.45) is 2.58. The molecule has 30 heavy (non-hydrogen) atoms. The number of rotatable bonds is 5. The van der Waals surface area contributed by atoms with Crippen LogP contribution in [0.5, 0.6) is 0 Å². The minimum atomic E-state index is -0.465. The average molecular weight is 410 g/mol. The molecular formula is C25H19N3OS. The zero-order chi connectivity index (χ0) is 20.9. The Bertz CT molecular complexity index is 1280. The summed E-state index contributed by atoms with van der Waals surface area (Å²) in [5.41, 5.74) is 3.90. The number of amides is 1.